The summed E-state index contributed by atoms with van der Waals surface area (Å²) in [5, 5.41) is 18.6. The fraction of sp³-hybridized carbons (Fsp3) is 0.643. The molecule has 1 amide bonds. The van der Waals surface area contributed by atoms with Crippen LogP contribution in [-0.2, 0) is 33.3 Å². The average molecular weight is 606 g/mol. The zero-order valence-electron chi connectivity index (χ0n) is 24.8. The third-order valence-electron chi connectivity index (χ3n) is 6.69. The van der Waals surface area contributed by atoms with E-state index in [0.29, 0.717) is 0 Å². The van der Waals surface area contributed by atoms with Gasteiger partial charge in [0.15, 0.2) is 6.61 Å². The van der Waals surface area contributed by atoms with E-state index in [0.717, 1.165) is 6.07 Å². The topological polar surface area (TPSA) is 167 Å². The van der Waals surface area contributed by atoms with Gasteiger partial charge in [-0.1, -0.05) is 6.92 Å². The largest absolute Gasteiger partial charge is 0.507 e. The molecule has 0 aromatic heterocycles. The lowest BCUT2D eigenvalue weighted by molar-refractivity contribution is -0.171. The van der Waals surface area contributed by atoms with Crippen LogP contribution in [0.3, 0.4) is 0 Å². The van der Waals surface area contributed by atoms with Crippen molar-refractivity contribution in [3.8, 4) is 11.5 Å². The molecule has 42 heavy (non-hydrogen) atoms. The van der Waals surface area contributed by atoms with E-state index in [-0.39, 0.29) is 57.0 Å². The molecule has 1 aromatic rings. The van der Waals surface area contributed by atoms with Gasteiger partial charge in [0.05, 0.1) is 28.4 Å². The number of nitrogens with one attached hydrogen (secondary N) is 1. The number of rotatable bonds is 18. The highest BCUT2D eigenvalue weighted by molar-refractivity contribution is 5.96. The molecular weight excluding hydrogens is 564 g/mol. The van der Waals surface area contributed by atoms with Crippen LogP contribution in [0.25, 0.3) is 0 Å². The Morgan fingerprint density at radius 3 is 2.02 bits per heavy atom. The van der Waals surface area contributed by atoms with Gasteiger partial charge in [-0.25, -0.2) is 14.3 Å². The standard InChI is InChI=1S/C28H41F2NO11/c1-7-27(4,24(35)41-11-10-38-6)17-28(5,25(36)42-15-21(29)30)16-26(2,3)23(34)40-13-12-39-18-8-9-19(20(32)14-18)22(33)31-37/h8-9,14,21,32,37H,7,10-13,15-17H2,1-6H3,(H,31,33). The van der Waals surface area contributed by atoms with Crippen LogP contribution in [0.1, 0.15) is 64.2 Å². The van der Waals surface area contributed by atoms with Crippen molar-refractivity contribution in [2.45, 2.75) is 60.3 Å². The van der Waals surface area contributed by atoms with E-state index >= 15 is 0 Å². The Morgan fingerprint density at radius 1 is 0.881 bits per heavy atom. The Morgan fingerprint density at radius 2 is 1.48 bits per heavy atom. The smallest absolute Gasteiger partial charge is 0.312 e. The second kappa shape index (κ2) is 16.2. The maximum absolute atomic E-state index is 13.1. The molecule has 0 saturated heterocycles. The summed E-state index contributed by atoms with van der Waals surface area (Å²) < 4.78 is 51.5. The Bertz CT molecular complexity index is 1080. The van der Waals surface area contributed by atoms with Crippen LogP contribution in [0.4, 0.5) is 8.78 Å². The quantitative estimate of drug-likeness (QED) is 0.0735. The van der Waals surface area contributed by atoms with E-state index in [4.69, 9.17) is 28.9 Å². The molecule has 0 bridgehead atoms. The predicted molar refractivity (Wildman–Crippen MR) is 143 cm³/mol. The van der Waals surface area contributed by atoms with Crippen molar-refractivity contribution < 1.29 is 62.0 Å². The fourth-order valence-corrected chi connectivity index (χ4v) is 4.50. The number of carbonyl (C=O) groups excluding carboxylic acids is 4. The van der Waals surface area contributed by atoms with E-state index in [9.17, 15) is 33.1 Å². The molecule has 0 heterocycles. The van der Waals surface area contributed by atoms with Gasteiger partial charge in [-0.15, -0.1) is 0 Å². The maximum Gasteiger partial charge on any atom is 0.312 e. The summed E-state index contributed by atoms with van der Waals surface area (Å²) in [5.41, 5.74) is -2.88. The number of phenols is 1. The van der Waals surface area contributed by atoms with Gasteiger partial charge in [0.1, 0.15) is 31.3 Å². The number of halogens is 2. The summed E-state index contributed by atoms with van der Waals surface area (Å²) in [6, 6.07) is 3.71. The van der Waals surface area contributed by atoms with Crippen LogP contribution in [0.2, 0.25) is 0 Å². The van der Waals surface area contributed by atoms with Gasteiger partial charge in [0, 0.05) is 13.2 Å². The van der Waals surface area contributed by atoms with Crippen molar-refractivity contribution in [3.63, 3.8) is 0 Å². The van der Waals surface area contributed by atoms with Crippen LogP contribution in [0, 0.1) is 16.2 Å². The minimum absolute atomic E-state index is 0.0148. The van der Waals surface area contributed by atoms with Crippen LogP contribution < -0.4 is 10.2 Å². The summed E-state index contributed by atoms with van der Waals surface area (Å²) in [4.78, 5) is 50.5. The maximum atomic E-state index is 13.1. The summed E-state index contributed by atoms with van der Waals surface area (Å²) in [5.74, 6) is -3.53. The van der Waals surface area contributed by atoms with Crippen molar-refractivity contribution >= 4 is 23.8 Å². The van der Waals surface area contributed by atoms with Gasteiger partial charge >= 0.3 is 17.9 Å². The highest BCUT2D eigenvalue weighted by atomic mass is 19.3. The van der Waals surface area contributed by atoms with Crippen molar-refractivity contribution in [1.82, 2.24) is 5.48 Å². The number of methoxy groups -OCH3 is 1. The Kier molecular flexibility index (Phi) is 14.1. The third kappa shape index (κ3) is 10.7. The van der Waals surface area contributed by atoms with Gasteiger partial charge in [0.25, 0.3) is 12.3 Å². The van der Waals surface area contributed by atoms with Gasteiger partial charge in [-0.2, -0.15) is 0 Å². The number of benzene rings is 1. The van der Waals surface area contributed by atoms with Gasteiger partial charge in [-0.3, -0.25) is 24.4 Å². The number of phenolic OH excluding ortho intramolecular Hbond substituents is 1. The molecule has 0 radical (unpaired) electrons. The number of esters is 3. The highest BCUT2D eigenvalue weighted by Crippen LogP contribution is 2.46. The third-order valence-corrected chi connectivity index (χ3v) is 6.69. The molecule has 0 saturated carbocycles. The van der Waals surface area contributed by atoms with Gasteiger partial charge in [0.2, 0.25) is 0 Å². The molecule has 3 N–H and O–H groups in total. The van der Waals surface area contributed by atoms with Crippen LogP contribution in [-0.4, -0.2) is 80.7 Å². The molecule has 2 unspecified atom stereocenters. The minimum atomic E-state index is -2.90. The molecule has 1 aromatic carbocycles. The number of amides is 1. The van der Waals surface area contributed by atoms with Gasteiger partial charge in [-0.05, 0) is 59.1 Å². The highest BCUT2D eigenvalue weighted by Gasteiger charge is 2.50. The minimum Gasteiger partial charge on any atom is -0.507 e. The average Bonchev–Trinajstić information content (AvgIpc) is 2.92. The molecule has 0 fully saturated rings. The van der Waals surface area contributed by atoms with Crippen LogP contribution in [0.15, 0.2) is 18.2 Å². The molecule has 238 valence electrons. The predicted octanol–water partition coefficient (Wildman–Crippen LogP) is 3.66. The zero-order valence-corrected chi connectivity index (χ0v) is 24.8. The lowest BCUT2D eigenvalue weighted by Gasteiger charge is -2.39. The molecule has 0 aliphatic heterocycles. The number of hydrogen-bond donors (Lipinski definition) is 3. The summed E-state index contributed by atoms with van der Waals surface area (Å²) in [6.45, 7) is 6.42. The number of ether oxygens (including phenoxy) is 5. The molecule has 0 spiro atoms. The Balaban J connectivity index is 2.98. The number of carbonyl (C=O) groups is 4. The molecule has 0 aliphatic rings. The monoisotopic (exact) mass is 605 g/mol. The van der Waals surface area contributed by atoms with E-state index in [2.05, 4.69) is 0 Å². The van der Waals surface area contributed by atoms with E-state index in [1.54, 1.807) is 13.8 Å². The molecule has 12 nitrogen and oxygen atoms in total. The number of hydrogen-bond acceptors (Lipinski definition) is 11. The SMILES string of the molecule is CCC(C)(CC(C)(CC(C)(C)C(=O)OCCOc1ccc(C(=O)NO)c(O)c1)C(=O)OCC(F)F)C(=O)OCCOC. The summed E-state index contributed by atoms with van der Waals surface area (Å²) in [7, 11) is 1.44. The van der Waals surface area contributed by atoms with Crippen LogP contribution >= 0.6 is 0 Å². The number of hydroxylamine groups is 1. The van der Waals surface area contributed by atoms with E-state index in [1.165, 1.54) is 45.5 Å². The van der Waals surface area contributed by atoms with Gasteiger partial charge < -0.3 is 28.8 Å². The molecule has 14 heteroatoms. The first-order valence-electron chi connectivity index (χ1n) is 13.2. The second-order valence-corrected chi connectivity index (χ2v) is 10.9. The zero-order chi connectivity index (χ0) is 32.1. The first-order chi connectivity index (χ1) is 19.5. The van der Waals surface area contributed by atoms with Crippen molar-refractivity contribution in [2.75, 3.05) is 40.1 Å². The second-order valence-electron chi connectivity index (χ2n) is 10.9. The molecule has 0 aliphatic carbocycles. The van der Waals surface area contributed by atoms with E-state index < -0.39 is 58.8 Å². The Hall–Kier alpha value is -3.52. The fourth-order valence-electron chi connectivity index (χ4n) is 4.50. The van der Waals surface area contributed by atoms with E-state index in [1.807, 2.05) is 0 Å². The molecular formula is C28H41F2NO11. The van der Waals surface area contributed by atoms with Crippen molar-refractivity contribution in [3.05, 3.63) is 23.8 Å². The molecule has 1 rings (SSSR count). The summed E-state index contributed by atoms with van der Waals surface area (Å²) >= 11 is 0. The van der Waals surface area contributed by atoms with Crippen molar-refractivity contribution in [1.29, 1.82) is 0 Å². The lowest BCUT2D eigenvalue weighted by Crippen LogP contribution is -2.44. The first-order valence-corrected chi connectivity index (χ1v) is 13.2. The summed E-state index contributed by atoms with van der Waals surface area (Å²) in [6.07, 6.45) is -3.01. The van der Waals surface area contributed by atoms with Crippen LogP contribution in [0.5, 0.6) is 11.5 Å². The number of alkyl halides is 2. The lowest BCUT2D eigenvalue weighted by atomic mass is 9.65. The number of aromatic hydroxyl groups is 1. The Labute approximate surface area is 243 Å². The normalized spacial score (nSPS) is 14.3. The van der Waals surface area contributed by atoms with Crippen molar-refractivity contribution in [2.24, 2.45) is 16.2 Å². The molecule has 2 atom stereocenters. The first kappa shape index (κ1) is 36.5.